The van der Waals surface area contributed by atoms with E-state index in [1.807, 2.05) is 0 Å². The summed E-state index contributed by atoms with van der Waals surface area (Å²) in [6.45, 7) is 5.86. The fourth-order valence-electron chi connectivity index (χ4n) is 3.22. The summed E-state index contributed by atoms with van der Waals surface area (Å²) in [4.78, 5) is 49.5. The number of aliphatic carboxylic acids is 1. The van der Waals surface area contributed by atoms with Crippen molar-refractivity contribution < 1.29 is 39.6 Å². The average Bonchev–Trinajstić information content (AvgIpc) is 2.79. The molecule has 0 fully saturated rings. The Morgan fingerprint density at radius 2 is 1.26 bits per heavy atom. The molecule has 35 heavy (non-hydrogen) atoms. The smallest absolute Gasteiger partial charge is 0.326 e. The van der Waals surface area contributed by atoms with E-state index in [1.54, 1.807) is 26.0 Å². The van der Waals surface area contributed by atoms with E-state index in [4.69, 9.17) is 5.73 Å². The lowest BCUT2D eigenvalue weighted by Gasteiger charge is -2.28. The summed E-state index contributed by atoms with van der Waals surface area (Å²) in [5.41, 5.74) is 6.57. The van der Waals surface area contributed by atoms with Crippen molar-refractivity contribution in [3.63, 3.8) is 0 Å². The molecule has 0 spiro atoms. The zero-order valence-corrected chi connectivity index (χ0v) is 20.3. The van der Waals surface area contributed by atoms with E-state index < -0.39 is 66.0 Å². The molecule has 0 bridgehead atoms. The Morgan fingerprint density at radius 3 is 1.66 bits per heavy atom. The second-order valence-electron chi connectivity index (χ2n) is 8.64. The number of carboxylic acids is 1. The predicted molar refractivity (Wildman–Crippen MR) is 126 cm³/mol. The Bertz CT molecular complexity index is 875. The molecule has 0 aliphatic heterocycles. The number of hydrogen-bond donors (Lipinski definition) is 8. The minimum Gasteiger partial charge on any atom is -0.508 e. The third-order valence-electron chi connectivity index (χ3n) is 5.63. The zero-order valence-electron chi connectivity index (χ0n) is 20.3. The molecule has 1 rings (SSSR count). The van der Waals surface area contributed by atoms with Crippen LogP contribution in [-0.4, -0.2) is 80.5 Å². The van der Waals surface area contributed by atoms with Gasteiger partial charge in [-0.1, -0.05) is 32.4 Å². The Labute approximate surface area is 203 Å². The Balaban J connectivity index is 2.90. The number of carboxylic acid groups (broad SMARTS) is 1. The van der Waals surface area contributed by atoms with Gasteiger partial charge >= 0.3 is 5.97 Å². The van der Waals surface area contributed by atoms with Crippen LogP contribution in [0.5, 0.6) is 5.75 Å². The van der Waals surface area contributed by atoms with Gasteiger partial charge in [-0.05, 0) is 43.9 Å². The molecule has 1 aromatic carbocycles. The molecule has 12 nitrogen and oxygen atoms in total. The highest BCUT2D eigenvalue weighted by Gasteiger charge is 2.35. The summed E-state index contributed by atoms with van der Waals surface area (Å²) in [6.07, 6.45) is -2.24. The summed E-state index contributed by atoms with van der Waals surface area (Å²) < 4.78 is 0. The first-order valence-electron chi connectivity index (χ1n) is 11.3. The van der Waals surface area contributed by atoms with Crippen molar-refractivity contribution in [3.8, 4) is 5.75 Å². The number of aliphatic hydroxyl groups is 2. The molecule has 0 aliphatic rings. The van der Waals surface area contributed by atoms with Crippen LogP contribution in [0, 0.1) is 5.92 Å². The maximum Gasteiger partial charge on any atom is 0.326 e. The van der Waals surface area contributed by atoms with E-state index in [9.17, 15) is 39.6 Å². The van der Waals surface area contributed by atoms with Crippen molar-refractivity contribution in [1.29, 1.82) is 0 Å². The molecule has 0 aromatic heterocycles. The molecule has 1 aromatic rings. The normalized spacial score (nSPS) is 17.1. The summed E-state index contributed by atoms with van der Waals surface area (Å²) in [5.74, 6) is -4.28. The molecule has 0 saturated carbocycles. The Hall–Kier alpha value is -3.22. The number of nitrogens with one attached hydrogen (secondary N) is 3. The lowest BCUT2D eigenvalue weighted by atomic mass is 9.98. The maximum atomic E-state index is 12.8. The number of aromatic hydroxyl groups is 1. The van der Waals surface area contributed by atoms with E-state index in [2.05, 4.69) is 16.0 Å². The highest BCUT2D eigenvalue weighted by Crippen LogP contribution is 2.11. The molecule has 7 unspecified atom stereocenters. The Kier molecular flexibility index (Phi) is 11.6. The SMILES string of the molecule is CCC(C)C(NC(=O)C(NC(=O)C(NC(=O)C(N)Cc1ccc(O)cc1)C(C)O)C(C)O)C(=O)O. The number of nitrogens with two attached hydrogens (primary N) is 1. The number of amides is 3. The minimum absolute atomic E-state index is 0.0492. The molecule has 12 heteroatoms. The standard InChI is InChI=1S/C23H36N4O8/c1-5-11(2)17(23(34)35)25-21(32)19(13(4)29)27-22(33)18(12(3)28)26-20(31)16(24)10-14-6-8-15(30)9-7-14/h6-9,11-13,16-19,28-30H,5,10,24H2,1-4H3,(H,25,32)(H,26,31)(H,27,33)(H,34,35). The van der Waals surface area contributed by atoms with Gasteiger partial charge < -0.3 is 42.1 Å². The minimum atomic E-state index is -1.54. The molecule has 7 atom stereocenters. The number of carbonyl (C=O) groups is 4. The molecular formula is C23H36N4O8. The van der Waals surface area contributed by atoms with Crippen LogP contribution in [0.2, 0.25) is 0 Å². The number of hydrogen-bond acceptors (Lipinski definition) is 8. The number of rotatable bonds is 13. The molecule has 0 radical (unpaired) electrons. The van der Waals surface area contributed by atoms with Gasteiger partial charge in [-0.3, -0.25) is 14.4 Å². The van der Waals surface area contributed by atoms with Crippen molar-refractivity contribution in [1.82, 2.24) is 16.0 Å². The third kappa shape index (κ3) is 9.15. The molecule has 196 valence electrons. The largest absolute Gasteiger partial charge is 0.508 e. The van der Waals surface area contributed by atoms with Crippen molar-refractivity contribution in [3.05, 3.63) is 29.8 Å². The van der Waals surface area contributed by atoms with Gasteiger partial charge in [0.1, 0.15) is 23.9 Å². The number of carbonyl (C=O) groups excluding carboxylic acids is 3. The molecule has 0 aliphatic carbocycles. The number of phenolic OH excluding ortho intramolecular Hbond substituents is 1. The van der Waals surface area contributed by atoms with Crippen molar-refractivity contribution in [2.45, 2.75) is 76.9 Å². The van der Waals surface area contributed by atoms with Crippen LogP contribution in [0.3, 0.4) is 0 Å². The van der Waals surface area contributed by atoms with Gasteiger partial charge in [-0.25, -0.2) is 4.79 Å². The number of phenols is 1. The summed E-state index contributed by atoms with van der Waals surface area (Å²) in [7, 11) is 0. The van der Waals surface area contributed by atoms with Crippen molar-refractivity contribution in [2.75, 3.05) is 0 Å². The number of benzene rings is 1. The topological polar surface area (TPSA) is 211 Å². The van der Waals surface area contributed by atoms with Crippen LogP contribution in [0.1, 0.15) is 39.7 Å². The fraction of sp³-hybridized carbons (Fsp3) is 0.565. The van der Waals surface area contributed by atoms with E-state index in [0.29, 0.717) is 12.0 Å². The lowest BCUT2D eigenvalue weighted by Crippen LogP contribution is -2.62. The van der Waals surface area contributed by atoms with Gasteiger partial charge in [0.05, 0.1) is 18.2 Å². The second-order valence-corrected chi connectivity index (χ2v) is 8.64. The van der Waals surface area contributed by atoms with Crippen molar-refractivity contribution in [2.24, 2.45) is 11.7 Å². The van der Waals surface area contributed by atoms with Gasteiger partial charge in [0.15, 0.2) is 0 Å². The summed E-state index contributed by atoms with van der Waals surface area (Å²) in [6, 6.07) is 0.650. The fourth-order valence-corrected chi connectivity index (χ4v) is 3.22. The molecular weight excluding hydrogens is 460 g/mol. The zero-order chi connectivity index (χ0) is 26.9. The highest BCUT2D eigenvalue weighted by atomic mass is 16.4. The van der Waals surface area contributed by atoms with Gasteiger partial charge in [0.2, 0.25) is 17.7 Å². The highest BCUT2D eigenvalue weighted by molar-refractivity contribution is 5.94. The first kappa shape index (κ1) is 29.8. The van der Waals surface area contributed by atoms with Gasteiger partial charge in [0.25, 0.3) is 0 Å². The maximum absolute atomic E-state index is 12.8. The van der Waals surface area contributed by atoms with Crippen LogP contribution in [0.15, 0.2) is 24.3 Å². The summed E-state index contributed by atoms with van der Waals surface area (Å²) in [5, 5.41) is 45.7. The first-order chi connectivity index (χ1) is 16.3. The van der Waals surface area contributed by atoms with E-state index in [-0.39, 0.29) is 12.2 Å². The van der Waals surface area contributed by atoms with Gasteiger partial charge in [-0.15, -0.1) is 0 Å². The predicted octanol–water partition coefficient (Wildman–Crippen LogP) is -1.39. The third-order valence-corrected chi connectivity index (χ3v) is 5.63. The van der Waals surface area contributed by atoms with Gasteiger partial charge in [0, 0.05) is 0 Å². The van der Waals surface area contributed by atoms with Crippen LogP contribution in [0.4, 0.5) is 0 Å². The monoisotopic (exact) mass is 496 g/mol. The van der Waals surface area contributed by atoms with Gasteiger partial charge in [-0.2, -0.15) is 0 Å². The lowest BCUT2D eigenvalue weighted by molar-refractivity contribution is -0.144. The van der Waals surface area contributed by atoms with E-state index in [0.717, 1.165) is 0 Å². The quantitative estimate of drug-likeness (QED) is 0.161. The molecule has 0 heterocycles. The van der Waals surface area contributed by atoms with Crippen LogP contribution in [0.25, 0.3) is 0 Å². The van der Waals surface area contributed by atoms with Crippen LogP contribution in [-0.2, 0) is 25.6 Å². The van der Waals surface area contributed by atoms with E-state index in [1.165, 1.54) is 26.0 Å². The van der Waals surface area contributed by atoms with Crippen molar-refractivity contribution >= 4 is 23.7 Å². The second kappa shape index (κ2) is 13.6. The average molecular weight is 497 g/mol. The summed E-state index contributed by atoms with van der Waals surface area (Å²) >= 11 is 0. The molecule has 3 amide bonds. The Morgan fingerprint density at radius 1 is 0.829 bits per heavy atom. The van der Waals surface area contributed by atoms with E-state index >= 15 is 0 Å². The number of aliphatic hydroxyl groups excluding tert-OH is 2. The van der Waals surface area contributed by atoms with Crippen LogP contribution < -0.4 is 21.7 Å². The van der Waals surface area contributed by atoms with Crippen LogP contribution >= 0.6 is 0 Å². The molecule has 0 saturated heterocycles. The first-order valence-corrected chi connectivity index (χ1v) is 11.3. The molecule has 9 N–H and O–H groups in total.